The molecule has 0 aliphatic carbocycles. The minimum atomic E-state index is -1.59. The van der Waals surface area contributed by atoms with E-state index >= 15 is 0 Å². The third-order valence-corrected chi connectivity index (χ3v) is 2.05. The van der Waals surface area contributed by atoms with Crippen LogP contribution in [0.4, 0.5) is 0 Å². The highest BCUT2D eigenvalue weighted by Crippen LogP contribution is 2.22. The fraction of sp³-hybridized carbons (Fsp3) is 1.00. The fourth-order valence-corrected chi connectivity index (χ4v) is 1.28. The molecule has 0 aromatic heterocycles. The Morgan fingerprint density at radius 2 is 1.93 bits per heavy atom. The molecule has 1 rings (SSSR count). The number of azide groups is 1. The summed E-state index contributed by atoms with van der Waals surface area (Å²) < 4.78 is 4.71. The first-order valence-corrected chi connectivity index (χ1v) is 3.96. The highest BCUT2D eigenvalue weighted by atomic mass is 16.6. The molecule has 0 saturated carbocycles. The maximum absolute atomic E-state index is 9.37. The number of rotatable bonds is 2. The Labute approximate surface area is 79.0 Å². The van der Waals surface area contributed by atoms with Gasteiger partial charge in [0.15, 0.2) is 6.29 Å². The van der Waals surface area contributed by atoms with Gasteiger partial charge in [-0.05, 0) is 5.53 Å². The molecule has 8 heteroatoms. The smallest absolute Gasteiger partial charge is 0.183 e. The number of nitrogens with zero attached hydrogens (tertiary/aromatic N) is 3. The first-order chi connectivity index (χ1) is 6.61. The van der Waals surface area contributed by atoms with Gasteiger partial charge in [-0.3, -0.25) is 0 Å². The van der Waals surface area contributed by atoms with Crippen molar-refractivity contribution >= 4 is 0 Å². The molecule has 1 aliphatic rings. The van der Waals surface area contributed by atoms with E-state index in [4.69, 9.17) is 25.6 Å². The SMILES string of the molecule is [N-]=[N+]=N[C@H]1C(CO)O[C@H](O)C(O)C1O. The van der Waals surface area contributed by atoms with Gasteiger partial charge in [-0.25, -0.2) is 0 Å². The summed E-state index contributed by atoms with van der Waals surface area (Å²) in [4.78, 5) is 2.45. The summed E-state index contributed by atoms with van der Waals surface area (Å²) in [6.45, 7) is -0.523. The van der Waals surface area contributed by atoms with Crippen LogP contribution < -0.4 is 0 Å². The lowest BCUT2D eigenvalue weighted by atomic mass is 9.97. The zero-order valence-electron chi connectivity index (χ0n) is 7.13. The predicted molar refractivity (Wildman–Crippen MR) is 42.9 cm³/mol. The van der Waals surface area contributed by atoms with E-state index in [1.807, 2.05) is 0 Å². The van der Waals surface area contributed by atoms with Crippen LogP contribution in [0, 0.1) is 0 Å². The maximum Gasteiger partial charge on any atom is 0.183 e. The molecule has 1 aliphatic heterocycles. The standard InChI is InChI=1S/C6H11N3O5/c7-9-8-3-2(1-10)14-6(13)5(12)4(3)11/h2-6,10-13H,1H2/t2?,3-,4?,5?,6-/m0/s1. The zero-order chi connectivity index (χ0) is 10.7. The van der Waals surface area contributed by atoms with Crippen LogP contribution in [0.25, 0.3) is 10.4 Å². The number of hydrogen-bond donors (Lipinski definition) is 4. The molecule has 4 N–H and O–H groups in total. The van der Waals surface area contributed by atoms with Crippen LogP contribution in [0.5, 0.6) is 0 Å². The molecule has 0 spiro atoms. The van der Waals surface area contributed by atoms with Gasteiger partial charge < -0.3 is 25.2 Å². The Balaban J connectivity index is 2.82. The van der Waals surface area contributed by atoms with Gasteiger partial charge >= 0.3 is 0 Å². The van der Waals surface area contributed by atoms with Gasteiger partial charge in [0.2, 0.25) is 0 Å². The quantitative estimate of drug-likeness (QED) is 0.237. The van der Waals surface area contributed by atoms with Gasteiger partial charge in [-0.1, -0.05) is 5.11 Å². The van der Waals surface area contributed by atoms with Crippen LogP contribution in [-0.4, -0.2) is 57.7 Å². The van der Waals surface area contributed by atoms with Gasteiger partial charge in [-0.15, -0.1) is 0 Å². The van der Waals surface area contributed by atoms with E-state index in [0.717, 1.165) is 0 Å². The second kappa shape index (κ2) is 4.56. The number of hydrogen-bond acceptors (Lipinski definition) is 6. The molecule has 1 heterocycles. The third-order valence-electron chi connectivity index (χ3n) is 2.05. The van der Waals surface area contributed by atoms with E-state index in [-0.39, 0.29) is 0 Å². The lowest BCUT2D eigenvalue weighted by Gasteiger charge is -2.37. The number of ether oxygens (including phenoxy) is 1. The highest BCUT2D eigenvalue weighted by molar-refractivity contribution is 4.93. The summed E-state index contributed by atoms with van der Waals surface area (Å²) in [6.07, 6.45) is -5.60. The molecule has 1 saturated heterocycles. The summed E-state index contributed by atoms with van der Waals surface area (Å²) in [7, 11) is 0. The van der Waals surface area contributed by atoms with E-state index in [2.05, 4.69) is 10.0 Å². The van der Waals surface area contributed by atoms with Crippen LogP contribution in [0.1, 0.15) is 0 Å². The molecule has 1 fully saturated rings. The Morgan fingerprint density at radius 1 is 1.29 bits per heavy atom. The minimum absolute atomic E-state index is 0.523. The average Bonchev–Trinajstić information content (AvgIpc) is 2.19. The molecule has 5 atom stereocenters. The Kier molecular flexibility index (Phi) is 3.64. The van der Waals surface area contributed by atoms with Crippen LogP contribution in [0.3, 0.4) is 0 Å². The molecule has 14 heavy (non-hydrogen) atoms. The second-order valence-electron chi connectivity index (χ2n) is 2.92. The van der Waals surface area contributed by atoms with E-state index in [1.54, 1.807) is 0 Å². The Morgan fingerprint density at radius 3 is 2.43 bits per heavy atom. The molecule has 0 amide bonds. The van der Waals surface area contributed by atoms with Crippen molar-refractivity contribution in [3.8, 4) is 0 Å². The molecular formula is C6H11N3O5. The van der Waals surface area contributed by atoms with E-state index in [0.29, 0.717) is 0 Å². The van der Waals surface area contributed by atoms with Crippen molar-refractivity contribution in [2.24, 2.45) is 5.11 Å². The Hall–Kier alpha value is -0.890. The van der Waals surface area contributed by atoms with E-state index in [9.17, 15) is 5.11 Å². The zero-order valence-corrected chi connectivity index (χ0v) is 7.13. The summed E-state index contributed by atoms with van der Waals surface area (Å²) in [5.74, 6) is 0. The van der Waals surface area contributed by atoms with Gasteiger partial charge in [0.1, 0.15) is 6.10 Å². The largest absolute Gasteiger partial charge is 0.394 e. The van der Waals surface area contributed by atoms with Crippen LogP contribution in [0.2, 0.25) is 0 Å². The van der Waals surface area contributed by atoms with Crippen molar-refractivity contribution in [3.63, 3.8) is 0 Å². The van der Waals surface area contributed by atoms with Crippen molar-refractivity contribution in [1.29, 1.82) is 0 Å². The summed E-state index contributed by atoms with van der Waals surface area (Å²) >= 11 is 0. The van der Waals surface area contributed by atoms with Crippen molar-refractivity contribution < 1.29 is 25.2 Å². The molecule has 0 radical (unpaired) electrons. The van der Waals surface area contributed by atoms with Crippen LogP contribution in [0.15, 0.2) is 5.11 Å². The lowest BCUT2D eigenvalue weighted by Crippen LogP contribution is -2.57. The molecule has 0 aromatic carbocycles. The molecular weight excluding hydrogens is 194 g/mol. The first kappa shape index (κ1) is 11.2. The number of aliphatic hydroxyl groups is 4. The van der Waals surface area contributed by atoms with Crippen molar-refractivity contribution in [2.75, 3.05) is 6.61 Å². The number of aliphatic hydroxyl groups excluding tert-OH is 4. The normalized spacial score (nSPS) is 43.0. The van der Waals surface area contributed by atoms with Crippen molar-refractivity contribution in [3.05, 3.63) is 10.4 Å². The van der Waals surface area contributed by atoms with E-state index in [1.165, 1.54) is 0 Å². The average molecular weight is 205 g/mol. The van der Waals surface area contributed by atoms with Gasteiger partial charge in [0, 0.05) is 4.91 Å². The fourth-order valence-electron chi connectivity index (χ4n) is 1.28. The monoisotopic (exact) mass is 205 g/mol. The van der Waals surface area contributed by atoms with E-state index < -0.39 is 37.3 Å². The van der Waals surface area contributed by atoms with Gasteiger partial charge in [0.05, 0.1) is 24.9 Å². The van der Waals surface area contributed by atoms with Crippen LogP contribution in [-0.2, 0) is 4.74 Å². The molecule has 0 bridgehead atoms. The lowest BCUT2D eigenvalue weighted by molar-refractivity contribution is -0.258. The molecule has 8 nitrogen and oxygen atoms in total. The maximum atomic E-state index is 9.37. The molecule has 0 aromatic rings. The Bertz CT molecular complexity index is 242. The summed E-state index contributed by atoms with van der Waals surface area (Å²) in [5.41, 5.74) is 8.17. The van der Waals surface area contributed by atoms with Crippen LogP contribution >= 0.6 is 0 Å². The topological polar surface area (TPSA) is 139 Å². The minimum Gasteiger partial charge on any atom is -0.394 e. The van der Waals surface area contributed by atoms with Gasteiger partial charge in [-0.2, -0.15) is 0 Å². The summed E-state index contributed by atoms with van der Waals surface area (Å²) in [6, 6.07) is -1.11. The molecule has 3 unspecified atom stereocenters. The highest BCUT2D eigenvalue weighted by Gasteiger charge is 2.43. The second-order valence-corrected chi connectivity index (χ2v) is 2.92. The van der Waals surface area contributed by atoms with Crippen molar-refractivity contribution in [2.45, 2.75) is 30.6 Å². The van der Waals surface area contributed by atoms with Crippen molar-refractivity contribution in [1.82, 2.24) is 0 Å². The predicted octanol–water partition coefficient (Wildman–Crippen LogP) is -1.90. The first-order valence-electron chi connectivity index (χ1n) is 3.96. The summed E-state index contributed by atoms with van der Waals surface area (Å²) in [5, 5.41) is 39.6. The molecule has 80 valence electrons. The third kappa shape index (κ3) is 1.95. The van der Waals surface area contributed by atoms with Gasteiger partial charge in [0.25, 0.3) is 0 Å².